The first kappa shape index (κ1) is 31.5. The molecule has 4 atom stereocenters. The Labute approximate surface area is 253 Å². The van der Waals surface area contributed by atoms with E-state index in [1.807, 2.05) is 22.9 Å². The average Bonchev–Trinajstić information content (AvgIpc) is 3.59. The van der Waals surface area contributed by atoms with Gasteiger partial charge in [-0.1, -0.05) is 35.9 Å². The lowest BCUT2D eigenvalue weighted by molar-refractivity contribution is -0.183. The first-order chi connectivity index (χ1) is 20.4. The molecule has 12 heteroatoms. The molecule has 0 spiro atoms. The minimum atomic E-state index is -4.50. The molecular weight excluding hydrogens is 587 g/mol. The Balaban J connectivity index is 1.38. The molecule has 2 aliphatic rings. The number of fused-ring (bicyclic) bond motifs is 1. The van der Waals surface area contributed by atoms with E-state index in [1.54, 1.807) is 44.6 Å². The molecule has 1 saturated heterocycles. The Kier molecular flexibility index (Phi) is 9.48. The van der Waals surface area contributed by atoms with E-state index < -0.39 is 41.4 Å². The molecule has 2 fully saturated rings. The van der Waals surface area contributed by atoms with Crippen molar-refractivity contribution in [3.05, 3.63) is 89.0 Å². The molecule has 5 rings (SSSR count). The zero-order valence-electron chi connectivity index (χ0n) is 24.0. The second-order valence-electron chi connectivity index (χ2n) is 11.4. The summed E-state index contributed by atoms with van der Waals surface area (Å²) < 4.78 is 67.2. The minimum Gasteiger partial charge on any atom is -0.371 e. The van der Waals surface area contributed by atoms with E-state index >= 15 is 0 Å². The van der Waals surface area contributed by atoms with Gasteiger partial charge in [0, 0.05) is 43.3 Å². The van der Waals surface area contributed by atoms with Crippen molar-refractivity contribution in [3.8, 4) is 0 Å². The number of aryl methyl sites for hydroxylation is 1. The highest BCUT2D eigenvalue weighted by atomic mass is 35.5. The van der Waals surface area contributed by atoms with Crippen molar-refractivity contribution in [1.29, 1.82) is 0 Å². The number of carbonyl (C=O) groups excluding carboxylic acids is 1. The third kappa shape index (κ3) is 7.96. The van der Waals surface area contributed by atoms with Gasteiger partial charge in [-0.25, -0.2) is 4.98 Å². The lowest BCUT2D eigenvalue weighted by Crippen LogP contribution is -2.60. The number of amides is 1. The van der Waals surface area contributed by atoms with Crippen LogP contribution in [0.3, 0.4) is 0 Å². The van der Waals surface area contributed by atoms with Crippen molar-refractivity contribution < 1.29 is 36.9 Å². The Morgan fingerprint density at radius 1 is 1.12 bits per heavy atom. The minimum absolute atomic E-state index is 0.112. The van der Waals surface area contributed by atoms with Gasteiger partial charge in [0.15, 0.2) is 11.4 Å². The van der Waals surface area contributed by atoms with Crippen LogP contribution in [0.2, 0.25) is 5.02 Å². The van der Waals surface area contributed by atoms with Gasteiger partial charge in [0.25, 0.3) is 5.91 Å². The molecule has 1 N–H and O–H groups in total. The molecule has 2 heterocycles. The van der Waals surface area contributed by atoms with E-state index in [4.69, 9.17) is 30.5 Å². The number of ether oxygens (including phenoxy) is 4. The van der Waals surface area contributed by atoms with Crippen molar-refractivity contribution in [2.45, 2.75) is 88.7 Å². The summed E-state index contributed by atoms with van der Waals surface area (Å²) in [5, 5.41) is 3.55. The van der Waals surface area contributed by atoms with Crippen LogP contribution in [0.4, 0.5) is 13.2 Å². The summed E-state index contributed by atoms with van der Waals surface area (Å²) in [6, 6.07) is 12.2. The lowest BCUT2D eigenvalue weighted by Gasteiger charge is -2.43. The zero-order valence-corrected chi connectivity index (χ0v) is 24.7. The van der Waals surface area contributed by atoms with Crippen LogP contribution in [-0.4, -0.2) is 51.7 Å². The highest BCUT2D eigenvalue weighted by Gasteiger charge is 2.58. The third-order valence-corrected chi connectivity index (χ3v) is 7.86. The molecule has 1 aliphatic carbocycles. The van der Waals surface area contributed by atoms with Crippen molar-refractivity contribution in [2.24, 2.45) is 0 Å². The Bertz CT molecular complexity index is 1390. The molecule has 0 bridgehead atoms. The van der Waals surface area contributed by atoms with Gasteiger partial charge >= 0.3 is 6.18 Å². The summed E-state index contributed by atoms with van der Waals surface area (Å²) >= 11 is 6.16. The van der Waals surface area contributed by atoms with Gasteiger partial charge in [-0.05, 0) is 55.7 Å². The van der Waals surface area contributed by atoms with Crippen molar-refractivity contribution >= 4 is 17.5 Å². The Morgan fingerprint density at radius 3 is 2.60 bits per heavy atom. The standard InChI is InChI=1S/C31H35ClF3N3O5/c1-29(2)42-26-17-30(28(39)37-10-5-12-38-13-11-36-20-38,41-19-21-6-3-8-23(14-21)31(33,34)35)16-25(27(26)43-29)40-18-22-7-4-9-24(32)15-22/h3-4,6-9,11,13-15,20,25-27H,5,10,12,16-19H2,1-2H3,(H,37,39)/t25?,26-,27+,30-/m1/s1. The number of nitrogens with one attached hydrogen (secondary N) is 1. The van der Waals surface area contributed by atoms with Crippen LogP contribution in [0.15, 0.2) is 67.3 Å². The number of aromatic nitrogens is 2. The van der Waals surface area contributed by atoms with Gasteiger partial charge < -0.3 is 28.8 Å². The summed E-state index contributed by atoms with van der Waals surface area (Å²) in [5.74, 6) is -1.31. The van der Waals surface area contributed by atoms with Gasteiger partial charge in [-0.3, -0.25) is 4.79 Å². The highest BCUT2D eigenvalue weighted by molar-refractivity contribution is 6.30. The maximum atomic E-state index is 13.9. The number of halogens is 4. The maximum Gasteiger partial charge on any atom is 0.416 e. The SMILES string of the molecule is CC1(C)O[C@@H]2C[C@@](OCc3cccc(C(F)(F)F)c3)(C(=O)NCCCn3ccnc3)CC(OCc3cccc(Cl)c3)[C@@H]2O1. The number of nitrogens with zero attached hydrogens (tertiary/aromatic N) is 2. The van der Waals surface area contributed by atoms with Gasteiger partial charge in [0.1, 0.15) is 6.10 Å². The highest BCUT2D eigenvalue weighted by Crippen LogP contribution is 2.44. The molecule has 1 saturated carbocycles. The zero-order chi connectivity index (χ0) is 30.7. The number of carbonyl (C=O) groups is 1. The quantitative estimate of drug-likeness (QED) is 0.268. The number of hydrogen-bond acceptors (Lipinski definition) is 6. The Morgan fingerprint density at radius 2 is 1.88 bits per heavy atom. The van der Waals surface area contributed by atoms with E-state index in [0.717, 1.165) is 17.7 Å². The number of hydrogen-bond donors (Lipinski definition) is 1. The van der Waals surface area contributed by atoms with Crippen LogP contribution < -0.4 is 5.32 Å². The third-order valence-electron chi connectivity index (χ3n) is 7.62. The van der Waals surface area contributed by atoms with Crippen LogP contribution in [0.25, 0.3) is 0 Å². The van der Waals surface area contributed by atoms with Crippen LogP contribution in [-0.2, 0) is 49.7 Å². The van der Waals surface area contributed by atoms with E-state index in [-0.39, 0.29) is 32.0 Å². The Hall–Kier alpha value is -2.96. The first-order valence-corrected chi connectivity index (χ1v) is 14.6. The molecule has 1 amide bonds. The van der Waals surface area contributed by atoms with Crippen LogP contribution in [0, 0.1) is 0 Å². The fourth-order valence-electron chi connectivity index (χ4n) is 5.64. The molecule has 1 aromatic heterocycles. The van der Waals surface area contributed by atoms with Gasteiger partial charge in [-0.2, -0.15) is 13.2 Å². The first-order valence-electron chi connectivity index (χ1n) is 14.2. The molecular formula is C31H35ClF3N3O5. The second kappa shape index (κ2) is 13.0. The van der Waals surface area contributed by atoms with Gasteiger partial charge in [0.05, 0.1) is 37.3 Å². The molecule has 232 valence electrons. The fourth-order valence-corrected chi connectivity index (χ4v) is 5.85. The largest absolute Gasteiger partial charge is 0.416 e. The summed E-state index contributed by atoms with van der Waals surface area (Å²) in [5.41, 5.74) is -1.10. The summed E-state index contributed by atoms with van der Waals surface area (Å²) in [6.07, 6.45) is -0.0317. The maximum absolute atomic E-state index is 13.9. The van der Waals surface area contributed by atoms with Crippen LogP contribution >= 0.6 is 11.6 Å². The molecule has 2 aromatic carbocycles. The predicted molar refractivity (Wildman–Crippen MR) is 152 cm³/mol. The van der Waals surface area contributed by atoms with Crippen LogP contribution in [0.5, 0.6) is 0 Å². The molecule has 43 heavy (non-hydrogen) atoms. The number of benzene rings is 2. The normalized spacial score (nSPS) is 24.9. The van der Waals surface area contributed by atoms with Crippen molar-refractivity contribution in [2.75, 3.05) is 6.54 Å². The topological polar surface area (TPSA) is 83.8 Å². The number of imidazole rings is 1. The van der Waals surface area contributed by atoms with E-state index in [1.165, 1.54) is 6.07 Å². The average molecular weight is 622 g/mol. The van der Waals surface area contributed by atoms with Crippen LogP contribution in [0.1, 0.15) is 49.8 Å². The summed E-state index contributed by atoms with van der Waals surface area (Å²) in [7, 11) is 0. The number of rotatable bonds is 11. The van der Waals surface area contributed by atoms with Gasteiger partial charge in [0.2, 0.25) is 0 Å². The molecule has 8 nitrogen and oxygen atoms in total. The van der Waals surface area contributed by atoms with E-state index in [0.29, 0.717) is 30.1 Å². The number of alkyl halides is 3. The fraction of sp³-hybridized carbons (Fsp3) is 0.484. The summed E-state index contributed by atoms with van der Waals surface area (Å²) in [4.78, 5) is 18.0. The second-order valence-corrected chi connectivity index (χ2v) is 11.9. The molecule has 1 unspecified atom stereocenters. The molecule has 3 aromatic rings. The monoisotopic (exact) mass is 621 g/mol. The van der Waals surface area contributed by atoms with E-state index in [9.17, 15) is 18.0 Å². The predicted octanol–water partition coefficient (Wildman–Crippen LogP) is 5.92. The molecule has 1 aliphatic heterocycles. The summed E-state index contributed by atoms with van der Waals surface area (Å²) in [6.45, 7) is 4.58. The van der Waals surface area contributed by atoms with Crippen molar-refractivity contribution in [1.82, 2.24) is 14.9 Å². The smallest absolute Gasteiger partial charge is 0.371 e. The molecule has 0 radical (unpaired) electrons. The van der Waals surface area contributed by atoms with Crippen molar-refractivity contribution in [3.63, 3.8) is 0 Å². The lowest BCUT2D eigenvalue weighted by atomic mass is 9.78. The van der Waals surface area contributed by atoms with E-state index in [2.05, 4.69) is 10.3 Å². The van der Waals surface area contributed by atoms with Gasteiger partial charge in [-0.15, -0.1) is 0 Å².